The summed E-state index contributed by atoms with van der Waals surface area (Å²) in [4.78, 5) is 30.8. The smallest absolute Gasteiger partial charge is 0.270 e. The number of amides is 2. The minimum Gasteiger partial charge on any atom is -0.390 e. The van der Waals surface area contributed by atoms with Gasteiger partial charge >= 0.3 is 0 Å². The molecule has 3 N–H and O–H groups in total. The standard InChI is InChI=1S/C30H40N3O4P/c1-19(2)23(29(35)33-28-22-13-7-6-12-21(22)17-26(28)34)18-27(38-37)25(16-20-10-4-3-5-11-20)32-30(36)24-14-8-9-15-31-24/h6-9,12-15,19-20,23,25-28,34H,3-5,10-11,16-18H2,1-2H3,(H,32,36)(H,33,35). The molecule has 2 amide bonds. The summed E-state index contributed by atoms with van der Waals surface area (Å²) >= 11 is 0. The molecule has 0 saturated heterocycles. The number of nitrogens with zero attached hydrogens (tertiary/aromatic N) is 1. The second kappa shape index (κ2) is 13.4. The molecule has 4 rings (SSSR count). The van der Waals surface area contributed by atoms with E-state index in [1.807, 2.05) is 38.1 Å². The summed E-state index contributed by atoms with van der Waals surface area (Å²) in [6.07, 6.45) is 8.32. The fourth-order valence-corrected chi connectivity index (χ4v) is 6.72. The highest BCUT2D eigenvalue weighted by Gasteiger charge is 2.37. The molecule has 2 aromatic rings. The van der Waals surface area contributed by atoms with Gasteiger partial charge in [0.05, 0.1) is 17.8 Å². The van der Waals surface area contributed by atoms with Gasteiger partial charge in [-0.2, -0.15) is 0 Å². The van der Waals surface area contributed by atoms with Gasteiger partial charge in [-0.15, -0.1) is 0 Å². The number of benzene rings is 1. The van der Waals surface area contributed by atoms with Crippen LogP contribution < -0.4 is 10.6 Å². The highest BCUT2D eigenvalue weighted by atomic mass is 31.1. The highest BCUT2D eigenvalue weighted by molar-refractivity contribution is 7.24. The zero-order valence-corrected chi connectivity index (χ0v) is 23.3. The molecule has 2 aliphatic rings. The van der Waals surface area contributed by atoms with Crippen molar-refractivity contribution < 1.29 is 19.3 Å². The molecule has 5 unspecified atom stereocenters. The van der Waals surface area contributed by atoms with E-state index in [1.165, 1.54) is 19.3 Å². The monoisotopic (exact) mass is 537 g/mol. The summed E-state index contributed by atoms with van der Waals surface area (Å²) in [5.74, 6) is -0.395. The van der Waals surface area contributed by atoms with Crippen molar-refractivity contribution in [2.45, 2.75) is 89.1 Å². The number of carbonyl (C=O) groups excluding carboxylic acids is 2. The van der Waals surface area contributed by atoms with Gasteiger partial charge in [-0.05, 0) is 47.9 Å². The molecule has 0 bridgehead atoms. The van der Waals surface area contributed by atoms with Gasteiger partial charge in [0.2, 0.25) is 5.91 Å². The van der Waals surface area contributed by atoms with Crippen molar-refractivity contribution in [3.05, 3.63) is 65.5 Å². The normalized spacial score (nSPS) is 22.0. The zero-order chi connectivity index (χ0) is 27.1. The number of nitrogens with one attached hydrogen (secondary N) is 2. The maximum atomic E-state index is 13.6. The van der Waals surface area contributed by atoms with Gasteiger partial charge < -0.3 is 15.7 Å². The summed E-state index contributed by atoms with van der Waals surface area (Å²) in [5, 5.41) is 16.9. The van der Waals surface area contributed by atoms with Crippen LogP contribution in [0, 0.1) is 17.8 Å². The Morgan fingerprint density at radius 1 is 1.08 bits per heavy atom. The zero-order valence-electron chi connectivity index (χ0n) is 22.4. The lowest BCUT2D eigenvalue weighted by atomic mass is 9.81. The predicted molar refractivity (Wildman–Crippen MR) is 148 cm³/mol. The van der Waals surface area contributed by atoms with Crippen LogP contribution in [0.2, 0.25) is 0 Å². The number of hydrogen-bond donors (Lipinski definition) is 3. The molecule has 8 heteroatoms. The van der Waals surface area contributed by atoms with Crippen LogP contribution in [0.4, 0.5) is 0 Å². The van der Waals surface area contributed by atoms with Crippen molar-refractivity contribution in [3.63, 3.8) is 0 Å². The van der Waals surface area contributed by atoms with Gasteiger partial charge in [-0.1, -0.05) is 76.3 Å². The third-order valence-corrected chi connectivity index (χ3v) is 9.11. The Kier molecular flexibility index (Phi) is 10.0. The molecular weight excluding hydrogens is 497 g/mol. The molecule has 1 aromatic carbocycles. The maximum absolute atomic E-state index is 13.6. The number of rotatable bonds is 11. The molecule has 5 atom stereocenters. The van der Waals surface area contributed by atoms with E-state index in [0.29, 0.717) is 24.5 Å². The molecule has 1 fully saturated rings. The van der Waals surface area contributed by atoms with Crippen LogP contribution in [0.5, 0.6) is 0 Å². The Labute approximate surface area is 227 Å². The summed E-state index contributed by atoms with van der Waals surface area (Å²) in [6.45, 7) is 3.98. The van der Waals surface area contributed by atoms with Gasteiger partial charge in [-0.3, -0.25) is 19.1 Å². The van der Waals surface area contributed by atoms with Gasteiger partial charge in [0.25, 0.3) is 5.91 Å². The number of hydrogen-bond acceptors (Lipinski definition) is 5. The van der Waals surface area contributed by atoms with E-state index >= 15 is 0 Å². The number of fused-ring (bicyclic) bond motifs is 1. The molecule has 1 aromatic heterocycles. The van der Waals surface area contributed by atoms with Crippen LogP contribution in [-0.4, -0.2) is 39.7 Å². The summed E-state index contributed by atoms with van der Waals surface area (Å²) in [5.41, 5.74) is 1.91. The average molecular weight is 538 g/mol. The number of carbonyl (C=O) groups is 2. The first-order valence-corrected chi connectivity index (χ1v) is 14.9. The number of aliphatic hydroxyl groups is 1. The predicted octanol–water partition coefficient (Wildman–Crippen LogP) is 5.25. The maximum Gasteiger partial charge on any atom is 0.270 e. The van der Waals surface area contributed by atoms with E-state index in [4.69, 9.17) is 0 Å². The van der Waals surface area contributed by atoms with E-state index in [-0.39, 0.29) is 32.2 Å². The second-order valence-electron chi connectivity index (χ2n) is 11.3. The molecule has 204 valence electrons. The SMILES string of the molecule is CC(C)C(CC(P=O)C(CC1CCCCC1)NC(=O)c1ccccn1)C(=O)NC1c2ccccc2CC1O. The van der Waals surface area contributed by atoms with Gasteiger partial charge in [0.1, 0.15) is 5.69 Å². The third-order valence-electron chi connectivity index (χ3n) is 8.26. The van der Waals surface area contributed by atoms with Crippen molar-refractivity contribution in [1.29, 1.82) is 0 Å². The number of aromatic nitrogens is 1. The van der Waals surface area contributed by atoms with Gasteiger partial charge in [-0.25, -0.2) is 0 Å². The fraction of sp³-hybridized carbons (Fsp3) is 0.567. The molecular formula is C30H40N3O4P. The van der Waals surface area contributed by atoms with Crippen LogP contribution >= 0.6 is 8.46 Å². The lowest BCUT2D eigenvalue weighted by Crippen LogP contribution is -2.46. The van der Waals surface area contributed by atoms with Crippen molar-refractivity contribution in [1.82, 2.24) is 15.6 Å². The Balaban J connectivity index is 1.50. The van der Waals surface area contributed by atoms with Crippen molar-refractivity contribution in [3.8, 4) is 0 Å². The largest absolute Gasteiger partial charge is 0.390 e. The third kappa shape index (κ3) is 7.06. The van der Waals surface area contributed by atoms with Crippen LogP contribution in [0.15, 0.2) is 48.7 Å². The average Bonchev–Trinajstić information content (AvgIpc) is 3.24. The number of aliphatic hydroxyl groups excluding tert-OH is 1. The fourth-order valence-electron chi connectivity index (χ4n) is 6.06. The van der Waals surface area contributed by atoms with E-state index in [0.717, 1.165) is 30.4 Å². The topological polar surface area (TPSA) is 108 Å². The molecule has 1 saturated carbocycles. The van der Waals surface area contributed by atoms with Gasteiger partial charge in [0, 0.05) is 24.6 Å². The van der Waals surface area contributed by atoms with Gasteiger partial charge in [0.15, 0.2) is 8.46 Å². The minimum absolute atomic E-state index is 0.00476. The molecule has 0 radical (unpaired) electrons. The van der Waals surface area contributed by atoms with Crippen molar-refractivity contribution >= 4 is 20.3 Å². The quantitative estimate of drug-likeness (QED) is 0.340. The summed E-state index contributed by atoms with van der Waals surface area (Å²) in [6, 6.07) is 12.2. The summed E-state index contributed by atoms with van der Waals surface area (Å²) < 4.78 is 12.6. The second-order valence-corrected chi connectivity index (χ2v) is 12.1. The van der Waals surface area contributed by atoms with E-state index in [9.17, 15) is 19.3 Å². The Hall–Kier alpha value is -2.63. The van der Waals surface area contributed by atoms with Crippen LogP contribution in [0.25, 0.3) is 0 Å². The molecule has 0 aliphatic heterocycles. The lowest BCUT2D eigenvalue weighted by molar-refractivity contribution is -0.128. The minimum atomic E-state index is -0.672. The van der Waals surface area contributed by atoms with Crippen LogP contribution in [0.3, 0.4) is 0 Å². The molecule has 1 heterocycles. The van der Waals surface area contributed by atoms with Crippen LogP contribution in [-0.2, 0) is 15.8 Å². The lowest BCUT2D eigenvalue weighted by Gasteiger charge is -2.32. The van der Waals surface area contributed by atoms with Crippen LogP contribution in [0.1, 0.15) is 86.5 Å². The van der Waals surface area contributed by atoms with Crippen molar-refractivity contribution in [2.75, 3.05) is 0 Å². The molecule has 7 nitrogen and oxygen atoms in total. The Morgan fingerprint density at radius 2 is 1.82 bits per heavy atom. The first-order valence-electron chi connectivity index (χ1n) is 14.0. The molecule has 0 spiro atoms. The highest BCUT2D eigenvalue weighted by Crippen LogP contribution is 2.35. The molecule has 38 heavy (non-hydrogen) atoms. The van der Waals surface area contributed by atoms with E-state index in [2.05, 4.69) is 15.6 Å². The first kappa shape index (κ1) is 28.4. The van der Waals surface area contributed by atoms with Crippen molar-refractivity contribution in [2.24, 2.45) is 17.8 Å². The summed E-state index contributed by atoms with van der Waals surface area (Å²) in [7, 11) is -0.0851. The molecule has 2 aliphatic carbocycles. The Morgan fingerprint density at radius 3 is 2.50 bits per heavy atom. The number of pyridine rings is 1. The Bertz CT molecular complexity index is 1090. The van der Waals surface area contributed by atoms with E-state index < -0.39 is 23.7 Å². The first-order chi connectivity index (χ1) is 18.4. The van der Waals surface area contributed by atoms with E-state index in [1.54, 1.807) is 24.4 Å².